The number of aromatic nitrogens is 2. The van der Waals surface area contributed by atoms with Gasteiger partial charge in [-0.15, -0.1) is 6.42 Å². The number of fused-ring (bicyclic) bond motifs is 1. The van der Waals surface area contributed by atoms with Crippen molar-refractivity contribution in [2.24, 2.45) is 0 Å². The number of nitrogens with one attached hydrogen (secondary N) is 1. The summed E-state index contributed by atoms with van der Waals surface area (Å²) in [4.78, 5) is 17.3. The Morgan fingerprint density at radius 2 is 2.04 bits per heavy atom. The van der Waals surface area contributed by atoms with Crippen molar-refractivity contribution in [3.8, 4) is 12.3 Å². The first-order valence-corrected chi connectivity index (χ1v) is 8.28. The SMILES string of the molecule is C#CCn1c(C(C)NC(=O)c2ccc(C)cc2C)nc2ccccc21. The van der Waals surface area contributed by atoms with Gasteiger partial charge in [0.2, 0.25) is 0 Å². The van der Waals surface area contributed by atoms with Crippen LogP contribution < -0.4 is 5.32 Å². The molecule has 1 N–H and O–H groups in total. The molecule has 0 aliphatic carbocycles. The molecule has 2 aromatic carbocycles. The second-order valence-electron chi connectivity index (χ2n) is 6.26. The zero-order valence-electron chi connectivity index (χ0n) is 14.7. The average molecular weight is 331 g/mol. The zero-order valence-corrected chi connectivity index (χ0v) is 14.7. The molecule has 1 atom stereocenters. The molecule has 0 saturated heterocycles. The highest BCUT2D eigenvalue weighted by Crippen LogP contribution is 2.21. The Morgan fingerprint density at radius 1 is 1.28 bits per heavy atom. The summed E-state index contributed by atoms with van der Waals surface area (Å²) in [7, 11) is 0. The van der Waals surface area contributed by atoms with Gasteiger partial charge < -0.3 is 9.88 Å². The lowest BCUT2D eigenvalue weighted by Crippen LogP contribution is -2.29. The van der Waals surface area contributed by atoms with E-state index in [9.17, 15) is 4.79 Å². The van der Waals surface area contributed by atoms with Crippen molar-refractivity contribution in [3.05, 3.63) is 65.0 Å². The normalized spacial score (nSPS) is 11.9. The van der Waals surface area contributed by atoms with Crippen LogP contribution in [-0.4, -0.2) is 15.5 Å². The summed E-state index contributed by atoms with van der Waals surface area (Å²) < 4.78 is 1.97. The number of nitrogens with zero attached hydrogens (tertiary/aromatic N) is 2. The van der Waals surface area contributed by atoms with Crippen LogP contribution in [0, 0.1) is 26.2 Å². The van der Waals surface area contributed by atoms with Crippen molar-refractivity contribution in [2.75, 3.05) is 0 Å². The van der Waals surface area contributed by atoms with Gasteiger partial charge in [-0.05, 0) is 44.5 Å². The van der Waals surface area contributed by atoms with Crippen molar-refractivity contribution in [1.29, 1.82) is 0 Å². The smallest absolute Gasteiger partial charge is 0.252 e. The van der Waals surface area contributed by atoms with Crippen LogP contribution >= 0.6 is 0 Å². The highest BCUT2D eigenvalue weighted by molar-refractivity contribution is 5.96. The van der Waals surface area contributed by atoms with Gasteiger partial charge in [0, 0.05) is 5.56 Å². The van der Waals surface area contributed by atoms with Gasteiger partial charge in [0.15, 0.2) is 0 Å². The highest BCUT2D eigenvalue weighted by Gasteiger charge is 2.19. The number of benzene rings is 2. The number of para-hydroxylation sites is 2. The van der Waals surface area contributed by atoms with Crippen molar-refractivity contribution in [2.45, 2.75) is 33.4 Å². The molecule has 0 bridgehead atoms. The Balaban J connectivity index is 1.92. The Kier molecular flexibility index (Phi) is 4.58. The fourth-order valence-corrected chi connectivity index (χ4v) is 3.09. The molecule has 0 saturated carbocycles. The van der Waals surface area contributed by atoms with E-state index in [-0.39, 0.29) is 11.9 Å². The van der Waals surface area contributed by atoms with Crippen LogP contribution in [-0.2, 0) is 6.54 Å². The minimum atomic E-state index is -0.256. The molecule has 0 aliphatic rings. The maximum Gasteiger partial charge on any atom is 0.252 e. The largest absolute Gasteiger partial charge is 0.342 e. The molecule has 1 heterocycles. The van der Waals surface area contributed by atoms with Gasteiger partial charge in [-0.2, -0.15) is 0 Å². The summed E-state index contributed by atoms with van der Waals surface area (Å²) in [6.45, 7) is 6.30. The van der Waals surface area contributed by atoms with Gasteiger partial charge in [-0.1, -0.05) is 35.7 Å². The number of terminal acetylenes is 1. The molecule has 0 fully saturated rings. The summed E-state index contributed by atoms with van der Waals surface area (Å²) in [5.41, 5.74) is 4.63. The second-order valence-corrected chi connectivity index (χ2v) is 6.26. The molecule has 0 aliphatic heterocycles. The topological polar surface area (TPSA) is 46.9 Å². The number of carbonyl (C=O) groups excluding carboxylic acids is 1. The lowest BCUT2D eigenvalue weighted by molar-refractivity contribution is 0.0937. The number of hydrogen-bond donors (Lipinski definition) is 1. The van der Waals surface area contributed by atoms with Crippen LogP contribution in [0.15, 0.2) is 42.5 Å². The van der Waals surface area contributed by atoms with E-state index < -0.39 is 0 Å². The molecule has 3 aromatic rings. The lowest BCUT2D eigenvalue weighted by Gasteiger charge is -2.16. The number of aryl methyl sites for hydroxylation is 2. The molecule has 3 rings (SSSR count). The van der Waals surface area contributed by atoms with Gasteiger partial charge in [0.1, 0.15) is 5.82 Å². The number of hydrogen-bond acceptors (Lipinski definition) is 2. The number of amides is 1. The molecule has 0 spiro atoms. The van der Waals surface area contributed by atoms with Crippen LogP contribution in [0.1, 0.15) is 40.3 Å². The summed E-state index contributed by atoms with van der Waals surface area (Å²) >= 11 is 0. The molecule has 25 heavy (non-hydrogen) atoms. The van der Waals surface area contributed by atoms with Gasteiger partial charge in [0.05, 0.1) is 23.6 Å². The van der Waals surface area contributed by atoms with E-state index in [0.717, 1.165) is 28.0 Å². The van der Waals surface area contributed by atoms with Crippen LogP contribution in [0.3, 0.4) is 0 Å². The third-order valence-electron chi connectivity index (χ3n) is 4.29. The minimum Gasteiger partial charge on any atom is -0.342 e. The van der Waals surface area contributed by atoms with Crippen LogP contribution in [0.4, 0.5) is 0 Å². The van der Waals surface area contributed by atoms with Crippen LogP contribution in [0.2, 0.25) is 0 Å². The summed E-state index contributed by atoms with van der Waals surface area (Å²) in [6, 6.07) is 13.4. The summed E-state index contributed by atoms with van der Waals surface area (Å²) in [5, 5.41) is 3.04. The first-order valence-electron chi connectivity index (χ1n) is 8.28. The Hall–Kier alpha value is -3.06. The van der Waals surface area contributed by atoms with E-state index in [4.69, 9.17) is 6.42 Å². The van der Waals surface area contributed by atoms with E-state index in [1.165, 1.54) is 0 Å². The molecule has 1 unspecified atom stereocenters. The first kappa shape index (κ1) is 16.8. The number of carbonyl (C=O) groups is 1. The van der Waals surface area contributed by atoms with Crippen molar-refractivity contribution < 1.29 is 4.79 Å². The molecule has 4 nitrogen and oxygen atoms in total. The van der Waals surface area contributed by atoms with Crippen molar-refractivity contribution in [1.82, 2.24) is 14.9 Å². The lowest BCUT2D eigenvalue weighted by atomic mass is 10.0. The second kappa shape index (κ2) is 6.82. The van der Waals surface area contributed by atoms with Gasteiger partial charge in [0.25, 0.3) is 5.91 Å². The third-order valence-corrected chi connectivity index (χ3v) is 4.29. The van der Waals surface area contributed by atoms with Crippen molar-refractivity contribution in [3.63, 3.8) is 0 Å². The third kappa shape index (κ3) is 3.27. The number of imidazole rings is 1. The quantitative estimate of drug-likeness (QED) is 0.740. The fraction of sp³-hybridized carbons (Fsp3) is 0.238. The molecule has 1 aromatic heterocycles. The van der Waals surface area contributed by atoms with Crippen molar-refractivity contribution >= 4 is 16.9 Å². The Morgan fingerprint density at radius 3 is 2.76 bits per heavy atom. The molecular formula is C21H21N3O. The standard InChI is InChI=1S/C21H21N3O/c1-5-12-24-19-9-7-6-8-18(19)23-20(24)16(4)22-21(25)17-11-10-14(2)13-15(17)3/h1,6-11,13,16H,12H2,2-4H3,(H,22,25). The number of rotatable bonds is 4. The first-order chi connectivity index (χ1) is 12.0. The van der Waals surface area contributed by atoms with E-state index in [0.29, 0.717) is 12.1 Å². The highest BCUT2D eigenvalue weighted by atomic mass is 16.1. The van der Waals surface area contributed by atoms with Gasteiger partial charge in [-0.3, -0.25) is 4.79 Å². The van der Waals surface area contributed by atoms with E-state index >= 15 is 0 Å². The zero-order chi connectivity index (χ0) is 18.0. The average Bonchev–Trinajstić information content (AvgIpc) is 2.94. The fourth-order valence-electron chi connectivity index (χ4n) is 3.09. The minimum absolute atomic E-state index is 0.107. The van der Waals surface area contributed by atoms with E-state index in [1.54, 1.807) is 0 Å². The van der Waals surface area contributed by atoms with E-state index in [1.807, 2.05) is 67.8 Å². The Labute approximate surface area is 147 Å². The molecule has 1 amide bonds. The molecule has 4 heteroatoms. The molecular weight excluding hydrogens is 310 g/mol. The maximum absolute atomic E-state index is 12.7. The van der Waals surface area contributed by atoms with Crippen LogP contribution in [0.25, 0.3) is 11.0 Å². The predicted molar refractivity (Wildman–Crippen MR) is 100 cm³/mol. The molecule has 0 radical (unpaired) electrons. The molecule has 126 valence electrons. The summed E-state index contributed by atoms with van der Waals surface area (Å²) in [5.74, 6) is 3.32. The Bertz CT molecular complexity index is 978. The van der Waals surface area contributed by atoms with Gasteiger partial charge >= 0.3 is 0 Å². The monoisotopic (exact) mass is 331 g/mol. The summed E-state index contributed by atoms with van der Waals surface area (Å²) in [6.07, 6.45) is 5.52. The van der Waals surface area contributed by atoms with Crippen LogP contribution in [0.5, 0.6) is 0 Å². The maximum atomic E-state index is 12.7. The van der Waals surface area contributed by atoms with Gasteiger partial charge in [-0.25, -0.2) is 4.98 Å². The predicted octanol–water partition coefficient (Wildman–Crippen LogP) is 3.78. The van der Waals surface area contributed by atoms with E-state index in [2.05, 4.69) is 16.2 Å².